The van der Waals surface area contributed by atoms with Crippen LogP contribution in [0.3, 0.4) is 0 Å². The number of aryl methyl sites for hydroxylation is 2. The second kappa shape index (κ2) is 7.53. The largest absolute Gasteiger partial charge is 0.435 e. The van der Waals surface area contributed by atoms with Crippen molar-refractivity contribution < 1.29 is 18.3 Å². The molecule has 1 aromatic carbocycles. The Morgan fingerprint density at radius 2 is 1.96 bits per heavy atom. The summed E-state index contributed by atoms with van der Waals surface area (Å²) in [6.07, 6.45) is 3.30. The van der Waals surface area contributed by atoms with Crippen molar-refractivity contribution >= 4 is 11.9 Å². The van der Waals surface area contributed by atoms with Gasteiger partial charge in [0, 0.05) is 18.9 Å². The smallest absolute Gasteiger partial charge is 0.387 e. The van der Waals surface area contributed by atoms with Crippen LogP contribution in [0.15, 0.2) is 41.5 Å². The fourth-order valence-electron chi connectivity index (χ4n) is 3.38. The van der Waals surface area contributed by atoms with Crippen molar-refractivity contribution in [3.63, 3.8) is 0 Å². The summed E-state index contributed by atoms with van der Waals surface area (Å²) in [5.74, 6) is -0.184. The number of hydrogen-bond donors (Lipinski definition) is 1. The van der Waals surface area contributed by atoms with Crippen LogP contribution in [0.4, 0.5) is 8.78 Å². The van der Waals surface area contributed by atoms with Crippen LogP contribution in [0.2, 0.25) is 0 Å². The van der Waals surface area contributed by atoms with Gasteiger partial charge in [0.15, 0.2) is 11.5 Å². The van der Waals surface area contributed by atoms with E-state index < -0.39 is 12.2 Å². The lowest BCUT2D eigenvalue weighted by molar-refractivity contribution is -0.129. The summed E-state index contributed by atoms with van der Waals surface area (Å²) in [5, 5.41) is 0. The maximum absolute atomic E-state index is 13.2. The molecule has 0 bridgehead atoms. The molecule has 28 heavy (non-hydrogen) atoms. The van der Waals surface area contributed by atoms with Crippen molar-refractivity contribution in [2.75, 3.05) is 7.05 Å². The summed E-state index contributed by atoms with van der Waals surface area (Å²) in [6, 6.07) is 8.19. The van der Waals surface area contributed by atoms with Gasteiger partial charge in [0.2, 0.25) is 0 Å². The Morgan fingerprint density at radius 3 is 2.54 bits per heavy atom. The first kappa shape index (κ1) is 19.7. The topological polar surface area (TPSA) is 80.8 Å². The molecule has 2 aromatic rings. The van der Waals surface area contributed by atoms with Gasteiger partial charge in [0.25, 0.3) is 5.91 Å². The van der Waals surface area contributed by atoms with Gasteiger partial charge < -0.3 is 10.5 Å². The van der Waals surface area contributed by atoms with Crippen molar-refractivity contribution in [2.45, 2.75) is 38.8 Å². The number of hydrogen-bond acceptors (Lipinski definition) is 5. The van der Waals surface area contributed by atoms with E-state index in [1.165, 1.54) is 11.0 Å². The number of aromatic nitrogens is 1. The van der Waals surface area contributed by atoms with Gasteiger partial charge in [-0.25, -0.2) is 4.99 Å². The van der Waals surface area contributed by atoms with Crippen LogP contribution in [0.1, 0.15) is 35.7 Å². The zero-order valence-electron chi connectivity index (χ0n) is 15.9. The van der Waals surface area contributed by atoms with Crippen LogP contribution in [-0.2, 0) is 16.8 Å². The minimum Gasteiger partial charge on any atom is -0.435 e. The first-order chi connectivity index (χ1) is 13.3. The van der Waals surface area contributed by atoms with E-state index in [1.807, 2.05) is 13.0 Å². The number of rotatable bonds is 6. The van der Waals surface area contributed by atoms with Crippen LogP contribution < -0.4 is 10.5 Å². The van der Waals surface area contributed by atoms with Crippen LogP contribution in [0.25, 0.3) is 0 Å². The molecule has 6 nitrogen and oxygen atoms in total. The van der Waals surface area contributed by atoms with Crippen molar-refractivity contribution in [1.82, 2.24) is 9.88 Å². The maximum Gasteiger partial charge on any atom is 0.387 e. The molecule has 0 radical (unpaired) electrons. The summed E-state index contributed by atoms with van der Waals surface area (Å²) in [7, 11) is 1.55. The average molecular weight is 388 g/mol. The van der Waals surface area contributed by atoms with E-state index in [0.717, 1.165) is 18.5 Å². The molecule has 8 heteroatoms. The van der Waals surface area contributed by atoms with Gasteiger partial charge in [0.05, 0.1) is 0 Å². The van der Waals surface area contributed by atoms with Crippen LogP contribution in [0.5, 0.6) is 5.75 Å². The minimum atomic E-state index is -2.93. The summed E-state index contributed by atoms with van der Waals surface area (Å²) in [4.78, 5) is 23.4. The molecule has 1 aromatic heterocycles. The third-order valence-electron chi connectivity index (χ3n) is 4.79. The summed E-state index contributed by atoms with van der Waals surface area (Å²) < 4.78 is 29.7. The molecule has 1 aliphatic rings. The van der Waals surface area contributed by atoms with Gasteiger partial charge in [-0.1, -0.05) is 19.4 Å². The number of likely N-dealkylation sites (N-methyl/N-ethyl adjacent to an activating group) is 1. The lowest BCUT2D eigenvalue weighted by Crippen LogP contribution is -2.41. The van der Waals surface area contributed by atoms with Crippen molar-refractivity contribution in [3.05, 3.63) is 58.9 Å². The number of nitrogens with two attached hydrogens (primary N) is 1. The summed E-state index contributed by atoms with van der Waals surface area (Å²) >= 11 is 0. The van der Waals surface area contributed by atoms with E-state index >= 15 is 0 Å². The molecule has 1 aliphatic heterocycles. The molecule has 0 saturated heterocycles. The Kier molecular flexibility index (Phi) is 5.31. The first-order valence-corrected chi connectivity index (χ1v) is 8.94. The number of carbonyl (C=O) groups excluding carboxylic acids is 1. The number of aliphatic imine (C=N–C) groups is 1. The zero-order chi connectivity index (χ0) is 20.5. The van der Waals surface area contributed by atoms with Crippen molar-refractivity contribution in [2.24, 2.45) is 10.7 Å². The van der Waals surface area contributed by atoms with Crippen LogP contribution in [0, 0.1) is 6.92 Å². The molecule has 0 fully saturated rings. The Morgan fingerprint density at radius 1 is 1.25 bits per heavy atom. The average Bonchev–Trinajstić information content (AvgIpc) is 2.88. The third kappa shape index (κ3) is 3.30. The fraction of sp³-hybridized carbons (Fsp3) is 0.350. The normalized spacial score (nSPS) is 19.3. The SMILES string of the molecule is CCCc1cc(C2(c3ccc(OC(F)F)c(C)c3)N=C(N)N(C)C2=O)ccn1. The fourth-order valence-corrected chi connectivity index (χ4v) is 3.38. The predicted molar refractivity (Wildman–Crippen MR) is 101 cm³/mol. The molecule has 2 heterocycles. The molecule has 0 saturated carbocycles. The number of amides is 1. The van der Waals surface area contributed by atoms with Gasteiger partial charge >= 0.3 is 6.61 Å². The van der Waals surface area contributed by atoms with Gasteiger partial charge in [-0.15, -0.1) is 0 Å². The Bertz CT molecular complexity index is 932. The van der Waals surface area contributed by atoms with Gasteiger partial charge in [0.1, 0.15) is 5.75 Å². The predicted octanol–water partition coefficient (Wildman–Crippen LogP) is 2.97. The van der Waals surface area contributed by atoms with Crippen LogP contribution in [-0.4, -0.2) is 35.4 Å². The van der Waals surface area contributed by atoms with E-state index in [-0.39, 0.29) is 17.6 Å². The quantitative estimate of drug-likeness (QED) is 0.825. The highest BCUT2D eigenvalue weighted by molar-refractivity contribution is 6.08. The van der Waals surface area contributed by atoms with E-state index in [0.29, 0.717) is 16.7 Å². The molecule has 3 rings (SSSR count). The summed E-state index contributed by atoms with van der Waals surface area (Å²) in [5.41, 5.74) is 7.04. The number of ether oxygens (including phenoxy) is 1. The molecule has 2 N–H and O–H groups in total. The third-order valence-corrected chi connectivity index (χ3v) is 4.79. The standard InChI is InChI=1S/C20H22F2N4O2/c1-4-5-15-11-14(8-9-24-15)20(17(27)26(3)19(23)25-20)13-6-7-16(12(2)10-13)28-18(21)22/h6-11,18H,4-5H2,1-3H3,(H2,23,25). The highest BCUT2D eigenvalue weighted by atomic mass is 19.3. The highest BCUT2D eigenvalue weighted by Gasteiger charge is 2.49. The van der Waals surface area contributed by atoms with Gasteiger partial charge in [-0.05, 0) is 54.3 Å². The molecule has 0 aliphatic carbocycles. The highest BCUT2D eigenvalue weighted by Crippen LogP contribution is 2.40. The lowest BCUT2D eigenvalue weighted by Gasteiger charge is -2.27. The summed E-state index contributed by atoms with van der Waals surface area (Å²) in [6.45, 7) is 0.753. The number of alkyl halides is 2. The molecule has 1 atom stereocenters. The molecular formula is C20H22F2N4O2. The Labute approximate surface area is 162 Å². The van der Waals surface area contributed by atoms with Gasteiger partial charge in [-0.2, -0.15) is 8.78 Å². The van der Waals surface area contributed by atoms with E-state index in [1.54, 1.807) is 38.4 Å². The zero-order valence-corrected chi connectivity index (χ0v) is 15.9. The van der Waals surface area contributed by atoms with E-state index in [9.17, 15) is 13.6 Å². The molecule has 1 amide bonds. The molecular weight excluding hydrogens is 366 g/mol. The molecule has 148 valence electrons. The van der Waals surface area contributed by atoms with Crippen LogP contribution >= 0.6 is 0 Å². The Hall–Kier alpha value is -3.03. The number of halogens is 2. The molecule has 1 unspecified atom stereocenters. The Balaban J connectivity index is 2.18. The maximum atomic E-state index is 13.2. The first-order valence-electron chi connectivity index (χ1n) is 8.94. The number of benzene rings is 1. The molecule has 0 spiro atoms. The van der Waals surface area contributed by atoms with Crippen molar-refractivity contribution in [1.29, 1.82) is 0 Å². The minimum absolute atomic E-state index is 0.0473. The second-order valence-electron chi connectivity index (χ2n) is 6.69. The van der Waals surface area contributed by atoms with E-state index in [2.05, 4.69) is 14.7 Å². The number of guanidine groups is 1. The number of nitrogens with zero attached hydrogens (tertiary/aromatic N) is 3. The van der Waals surface area contributed by atoms with E-state index in [4.69, 9.17) is 5.73 Å². The lowest BCUT2D eigenvalue weighted by atomic mass is 9.82. The van der Waals surface area contributed by atoms with Gasteiger partial charge in [-0.3, -0.25) is 14.7 Å². The van der Waals surface area contributed by atoms with Crippen molar-refractivity contribution in [3.8, 4) is 5.75 Å². The monoisotopic (exact) mass is 388 g/mol. The number of carbonyl (C=O) groups is 1. The second-order valence-corrected chi connectivity index (χ2v) is 6.69. The number of pyridine rings is 1.